The Labute approximate surface area is 188 Å². The zero-order chi connectivity index (χ0) is 22.6. The Kier molecular flexibility index (Phi) is 4.84. The molecule has 1 amide bonds. The van der Waals surface area contributed by atoms with Crippen LogP contribution in [0.2, 0.25) is 0 Å². The van der Waals surface area contributed by atoms with E-state index in [4.69, 9.17) is 5.73 Å². The molecule has 164 valence electrons. The van der Waals surface area contributed by atoms with Crippen LogP contribution in [0.25, 0.3) is 21.1 Å². The van der Waals surface area contributed by atoms with Crippen molar-refractivity contribution >= 4 is 54.1 Å². The number of hydrogen-bond acceptors (Lipinski definition) is 8. The Morgan fingerprint density at radius 1 is 1.19 bits per heavy atom. The van der Waals surface area contributed by atoms with Gasteiger partial charge in [-0.1, -0.05) is 6.07 Å². The molecule has 9 nitrogen and oxygen atoms in total. The van der Waals surface area contributed by atoms with E-state index in [1.165, 1.54) is 11.3 Å². The fraction of sp³-hybridized carbons (Fsp3) is 0.238. The number of nitrogen functional groups attached to an aromatic ring is 1. The zero-order valence-electron chi connectivity index (χ0n) is 17.4. The number of amides is 1. The summed E-state index contributed by atoms with van der Waals surface area (Å²) >= 11 is 1.21. The van der Waals surface area contributed by atoms with Gasteiger partial charge in [0.25, 0.3) is 5.91 Å². The van der Waals surface area contributed by atoms with Crippen molar-refractivity contribution in [1.82, 2.24) is 24.8 Å². The van der Waals surface area contributed by atoms with Crippen LogP contribution < -0.4 is 10.5 Å². The van der Waals surface area contributed by atoms with Crippen molar-refractivity contribution in [2.75, 3.05) is 18.8 Å². The van der Waals surface area contributed by atoms with Crippen molar-refractivity contribution < 1.29 is 13.2 Å². The van der Waals surface area contributed by atoms with Crippen LogP contribution in [0, 0.1) is 13.8 Å². The van der Waals surface area contributed by atoms with Gasteiger partial charge in [-0.15, -0.1) is 16.4 Å². The Hall–Kier alpha value is -3.15. The highest BCUT2D eigenvalue weighted by Gasteiger charge is 2.36. The fourth-order valence-electron chi connectivity index (χ4n) is 3.85. The maximum absolute atomic E-state index is 13.0. The van der Waals surface area contributed by atoms with E-state index in [9.17, 15) is 13.2 Å². The van der Waals surface area contributed by atoms with Gasteiger partial charge >= 0.3 is 0 Å². The minimum atomic E-state index is -3.77. The number of fused-ring (bicyclic) bond motifs is 2. The standard InChI is InChI=1S/C21H20N6O3S2/c1-11-12(2)24-25-20-17(11)18(22)19(31-20)21(28)27-9-13(10-27)26-32(29,30)16-7-3-6-15-14(16)5-4-8-23-15/h3-8,13,26H,9-10,22H2,1-2H3. The average molecular weight is 469 g/mol. The molecule has 4 heterocycles. The number of hydrogen-bond donors (Lipinski definition) is 2. The summed E-state index contributed by atoms with van der Waals surface area (Å²) in [6, 6.07) is 8.03. The average Bonchev–Trinajstić information content (AvgIpc) is 3.09. The number of anilines is 1. The first-order chi connectivity index (χ1) is 15.3. The topological polar surface area (TPSA) is 131 Å². The number of benzene rings is 1. The summed E-state index contributed by atoms with van der Waals surface area (Å²) < 4.78 is 28.6. The quantitative estimate of drug-likeness (QED) is 0.469. The van der Waals surface area contributed by atoms with E-state index < -0.39 is 10.0 Å². The van der Waals surface area contributed by atoms with Crippen molar-refractivity contribution in [3.8, 4) is 0 Å². The van der Waals surface area contributed by atoms with Gasteiger partial charge < -0.3 is 10.6 Å². The van der Waals surface area contributed by atoms with Crippen molar-refractivity contribution in [3.05, 3.63) is 52.7 Å². The second-order valence-electron chi connectivity index (χ2n) is 7.79. The van der Waals surface area contributed by atoms with Crippen LogP contribution in [0.1, 0.15) is 20.9 Å². The highest BCUT2D eigenvalue weighted by Crippen LogP contribution is 2.36. The largest absolute Gasteiger partial charge is 0.397 e. The lowest BCUT2D eigenvalue weighted by Gasteiger charge is -2.39. The first-order valence-corrected chi connectivity index (χ1v) is 12.2. The van der Waals surface area contributed by atoms with E-state index in [-0.39, 0.29) is 29.9 Å². The third-order valence-electron chi connectivity index (χ3n) is 5.72. The molecule has 3 aromatic heterocycles. The molecule has 1 fully saturated rings. The third-order valence-corrected chi connectivity index (χ3v) is 8.37. The molecule has 1 aliphatic heterocycles. The summed E-state index contributed by atoms with van der Waals surface area (Å²) in [5, 5.41) is 9.57. The molecule has 0 spiro atoms. The molecule has 1 aliphatic rings. The van der Waals surface area contributed by atoms with Crippen LogP contribution >= 0.6 is 11.3 Å². The number of carbonyl (C=O) groups excluding carboxylic acids is 1. The molecule has 0 radical (unpaired) electrons. The number of aromatic nitrogens is 3. The van der Waals surface area contributed by atoms with E-state index in [0.29, 0.717) is 26.3 Å². The van der Waals surface area contributed by atoms with Crippen LogP contribution in [-0.2, 0) is 10.0 Å². The second-order valence-corrected chi connectivity index (χ2v) is 10.5. The minimum Gasteiger partial charge on any atom is -0.397 e. The molecule has 0 atom stereocenters. The van der Waals surface area contributed by atoms with Crippen LogP contribution in [0.4, 0.5) is 5.69 Å². The Bertz CT molecular complexity index is 1490. The highest BCUT2D eigenvalue weighted by atomic mass is 32.2. The smallest absolute Gasteiger partial charge is 0.266 e. The number of carbonyl (C=O) groups is 1. The second kappa shape index (κ2) is 7.47. The lowest BCUT2D eigenvalue weighted by Crippen LogP contribution is -2.60. The molecule has 11 heteroatoms. The summed E-state index contributed by atoms with van der Waals surface area (Å²) in [7, 11) is -3.77. The number of nitrogens with zero attached hydrogens (tertiary/aromatic N) is 4. The summed E-state index contributed by atoms with van der Waals surface area (Å²) in [5.74, 6) is -0.229. The number of sulfonamides is 1. The van der Waals surface area contributed by atoms with E-state index >= 15 is 0 Å². The first-order valence-electron chi connectivity index (χ1n) is 9.93. The van der Waals surface area contributed by atoms with Gasteiger partial charge in [0, 0.05) is 30.1 Å². The molecule has 32 heavy (non-hydrogen) atoms. The molecule has 0 aliphatic carbocycles. The predicted molar refractivity (Wildman–Crippen MR) is 123 cm³/mol. The number of aryl methyl sites for hydroxylation is 2. The molecule has 1 aromatic carbocycles. The molecule has 0 saturated carbocycles. The van der Waals surface area contributed by atoms with Gasteiger partial charge in [-0.3, -0.25) is 9.78 Å². The van der Waals surface area contributed by atoms with Gasteiger partial charge in [-0.05, 0) is 43.7 Å². The summed E-state index contributed by atoms with van der Waals surface area (Å²) in [5.41, 5.74) is 8.95. The first kappa shape index (κ1) is 20.7. The number of pyridine rings is 1. The Balaban J connectivity index is 1.33. The molecular weight excluding hydrogens is 448 g/mol. The number of nitrogens with one attached hydrogen (secondary N) is 1. The van der Waals surface area contributed by atoms with Crippen molar-refractivity contribution in [3.63, 3.8) is 0 Å². The number of likely N-dealkylation sites (tertiary alicyclic amines) is 1. The van der Waals surface area contributed by atoms with Crippen LogP contribution in [0.3, 0.4) is 0 Å². The van der Waals surface area contributed by atoms with Crippen LogP contribution in [0.15, 0.2) is 41.4 Å². The molecular formula is C21H20N6O3S2. The monoisotopic (exact) mass is 468 g/mol. The maximum Gasteiger partial charge on any atom is 0.266 e. The van der Waals surface area contributed by atoms with Gasteiger partial charge in [0.2, 0.25) is 10.0 Å². The molecule has 0 unspecified atom stereocenters. The Morgan fingerprint density at radius 2 is 1.97 bits per heavy atom. The van der Waals surface area contributed by atoms with Gasteiger partial charge in [-0.25, -0.2) is 13.1 Å². The SMILES string of the molecule is Cc1nnc2sc(C(=O)N3CC(NS(=O)(=O)c4cccc5ncccc45)C3)c(N)c2c1C. The maximum atomic E-state index is 13.0. The lowest BCUT2D eigenvalue weighted by atomic mass is 10.1. The van der Waals surface area contributed by atoms with Crippen LogP contribution in [0.5, 0.6) is 0 Å². The normalized spacial score (nSPS) is 14.8. The summed E-state index contributed by atoms with van der Waals surface area (Å²) in [6.45, 7) is 4.27. The number of thiophene rings is 1. The summed E-state index contributed by atoms with van der Waals surface area (Å²) in [6.07, 6.45) is 1.62. The van der Waals surface area contributed by atoms with Crippen molar-refractivity contribution in [2.45, 2.75) is 24.8 Å². The molecule has 3 N–H and O–H groups in total. The van der Waals surface area contributed by atoms with E-state index in [1.807, 2.05) is 13.8 Å². The number of rotatable bonds is 4. The van der Waals surface area contributed by atoms with Gasteiger partial charge in [0.05, 0.1) is 27.8 Å². The van der Waals surface area contributed by atoms with Crippen molar-refractivity contribution in [1.29, 1.82) is 0 Å². The fourth-order valence-corrected chi connectivity index (χ4v) is 6.36. The predicted octanol–water partition coefficient (Wildman–Crippen LogP) is 2.24. The number of nitrogens with two attached hydrogens (primary N) is 1. The van der Waals surface area contributed by atoms with E-state index in [1.54, 1.807) is 41.4 Å². The molecule has 5 rings (SSSR count). The van der Waals surface area contributed by atoms with Crippen molar-refractivity contribution in [2.24, 2.45) is 0 Å². The van der Waals surface area contributed by atoms with Crippen LogP contribution in [-0.4, -0.2) is 53.5 Å². The van der Waals surface area contributed by atoms with Gasteiger partial charge in [-0.2, -0.15) is 5.10 Å². The van der Waals surface area contributed by atoms with Gasteiger partial charge in [0.1, 0.15) is 9.71 Å². The molecule has 0 bridgehead atoms. The Morgan fingerprint density at radius 3 is 2.75 bits per heavy atom. The van der Waals surface area contributed by atoms with E-state index in [0.717, 1.165) is 16.6 Å². The minimum absolute atomic E-state index is 0.172. The van der Waals surface area contributed by atoms with Gasteiger partial charge in [0.15, 0.2) is 0 Å². The molecule has 1 saturated heterocycles. The zero-order valence-corrected chi connectivity index (χ0v) is 19.0. The molecule has 4 aromatic rings. The lowest BCUT2D eigenvalue weighted by molar-refractivity contribution is 0.0598. The highest BCUT2D eigenvalue weighted by molar-refractivity contribution is 7.89. The van der Waals surface area contributed by atoms with E-state index in [2.05, 4.69) is 19.9 Å². The summed E-state index contributed by atoms with van der Waals surface area (Å²) in [4.78, 5) is 20.0. The third kappa shape index (κ3) is 3.29.